The van der Waals surface area contributed by atoms with Gasteiger partial charge in [-0.15, -0.1) is 11.3 Å². The molecule has 2 aromatic carbocycles. The number of ether oxygens (including phenoxy) is 2. The molecule has 3 aromatic rings. The topological polar surface area (TPSA) is 64.6 Å². The second-order valence-corrected chi connectivity index (χ2v) is 9.41. The Morgan fingerprint density at radius 3 is 2.47 bits per heavy atom. The molecule has 32 heavy (non-hydrogen) atoms. The van der Waals surface area contributed by atoms with E-state index >= 15 is 0 Å². The molecule has 1 heterocycles. The van der Waals surface area contributed by atoms with Gasteiger partial charge in [0.05, 0.1) is 11.6 Å². The van der Waals surface area contributed by atoms with Gasteiger partial charge in [-0.1, -0.05) is 23.7 Å². The molecule has 0 spiro atoms. The number of esters is 1. The third-order valence-electron chi connectivity index (χ3n) is 4.79. The number of hydrogen-bond acceptors (Lipinski definition) is 5. The first kappa shape index (κ1) is 24.2. The zero-order chi connectivity index (χ0) is 23.6. The summed E-state index contributed by atoms with van der Waals surface area (Å²) >= 11 is 10.9. The van der Waals surface area contributed by atoms with Crippen molar-refractivity contribution >= 4 is 55.7 Å². The van der Waals surface area contributed by atoms with Gasteiger partial charge in [-0.25, -0.2) is 9.18 Å². The van der Waals surface area contributed by atoms with Crippen LogP contribution in [-0.2, 0) is 9.53 Å². The van der Waals surface area contributed by atoms with E-state index in [-0.39, 0.29) is 18.0 Å². The number of thiophene rings is 1. The van der Waals surface area contributed by atoms with E-state index in [1.807, 2.05) is 20.8 Å². The van der Waals surface area contributed by atoms with Crippen molar-refractivity contribution in [2.24, 2.45) is 0 Å². The average molecular weight is 541 g/mol. The largest absolute Gasteiger partial charge is 0.483 e. The third kappa shape index (κ3) is 4.98. The maximum absolute atomic E-state index is 13.4. The molecule has 1 amide bonds. The molecule has 0 saturated heterocycles. The van der Waals surface area contributed by atoms with Gasteiger partial charge < -0.3 is 14.8 Å². The SMILES string of the molecule is COC(=O)c1c(NC(=O)COc2cc(C)c(Cl)c(C)c2Br)sc(C)c1-c1ccc(F)cc1. The van der Waals surface area contributed by atoms with Gasteiger partial charge in [0.1, 0.15) is 22.1 Å². The van der Waals surface area contributed by atoms with Gasteiger partial charge in [0.15, 0.2) is 6.61 Å². The van der Waals surface area contributed by atoms with Gasteiger partial charge in [0, 0.05) is 15.5 Å². The highest BCUT2D eigenvalue weighted by atomic mass is 79.9. The average Bonchev–Trinajstić information content (AvgIpc) is 3.09. The molecule has 0 saturated carbocycles. The molecule has 0 aliphatic carbocycles. The Kier molecular flexibility index (Phi) is 7.59. The lowest BCUT2D eigenvalue weighted by molar-refractivity contribution is -0.118. The molecule has 0 aliphatic rings. The quantitative estimate of drug-likeness (QED) is 0.353. The maximum Gasteiger partial charge on any atom is 0.341 e. The maximum atomic E-state index is 13.4. The van der Waals surface area contributed by atoms with Gasteiger partial charge in [0.25, 0.3) is 5.91 Å². The Morgan fingerprint density at radius 1 is 1.19 bits per heavy atom. The van der Waals surface area contributed by atoms with E-state index in [9.17, 15) is 14.0 Å². The molecule has 0 fully saturated rings. The van der Waals surface area contributed by atoms with Crippen LogP contribution in [0, 0.1) is 26.6 Å². The van der Waals surface area contributed by atoms with Gasteiger partial charge in [-0.3, -0.25) is 4.79 Å². The summed E-state index contributed by atoms with van der Waals surface area (Å²) < 4.78 is 24.6. The summed E-state index contributed by atoms with van der Waals surface area (Å²) in [5.74, 6) is -0.941. The van der Waals surface area contributed by atoms with Gasteiger partial charge in [0.2, 0.25) is 0 Å². The second-order valence-electron chi connectivity index (χ2n) is 7.02. The molecule has 5 nitrogen and oxygen atoms in total. The summed E-state index contributed by atoms with van der Waals surface area (Å²) in [5.41, 5.74) is 3.09. The lowest BCUT2D eigenvalue weighted by Gasteiger charge is -2.13. The number of aryl methyl sites for hydroxylation is 2. The molecule has 1 N–H and O–H groups in total. The minimum absolute atomic E-state index is 0.217. The van der Waals surface area contributed by atoms with Crippen molar-refractivity contribution in [3.8, 4) is 16.9 Å². The summed E-state index contributed by atoms with van der Waals surface area (Å²) in [5, 5.41) is 3.70. The Balaban J connectivity index is 1.86. The predicted molar refractivity (Wildman–Crippen MR) is 129 cm³/mol. The molecular formula is C23H20BrClFNO4S. The zero-order valence-electron chi connectivity index (χ0n) is 17.8. The molecule has 0 radical (unpaired) electrons. The number of rotatable bonds is 6. The van der Waals surface area contributed by atoms with Crippen molar-refractivity contribution in [2.45, 2.75) is 20.8 Å². The van der Waals surface area contributed by atoms with Crippen molar-refractivity contribution in [3.63, 3.8) is 0 Å². The Hall–Kier alpha value is -2.42. The first-order valence-electron chi connectivity index (χ1n) is 9.49. The van der Waals surface area contributed by atoms with Gasteiger partial charge >= 0.3 is 5.97 Å². The van der Waals surface area contributed by atoms with Gasteiger partial charge in [-0.2, -0.15) is 0 Å². The number of methoxy groups -OCH3 is 1. The predicted octanol–water partition coefficient (Wildman–Crippen LogP) is 6.70. The summed E-state index contributed by atoms with van der Waals surface area (Å²) in [6.45, 7) is 5.24. The van der Waals surface area contributed by atoms with E-state index in [1.54, 1.807) is 18.2 Å². The molecule has 0 unspecified atom stereocenters. The van der Waals surface area contributed by atoms with Crippen LogP contribution in [0.15, 0.2) is 34.8 Å². The summed E-state index contributed by atoms with van der Waals surface area (Å²) in [4.78, 5) is 25.9. The second kappa shape index (κ2) is 10.0. The molecule has 0 bridgehead atoms. The number of carbonyl (C=O) groups is 2. The van der Waals surface area contributed by atoms with Gasteiger partial charge in [-0.05, 0) is 71.6 Å². The van der Waals surface area contributed by atoms with E-state index in [4.69, 9.17) is 21.1 Å². The van der Waals surface area contributed by atoms with Crippen LogP contribution in [0.25, 0.3) is 11.1 Å². The van der Waals surface area contributed by atoms with Crippen LogP contribution in [0.3, 0.4) is 0 Å². The normalized spacial score (nSPS) is 10.7. The number of halogens is 3. The van der Waals surface area contributed by atoms with Crippen LogP contribution in [0.5, 0.6) is 5.75 Å². The lowest BCUT2D eigenvalue weighted by atomic mass is 10.0. The first-order chi connectivity index (χ1) is 15.1. The molecule has 168 valence electrons. The minimum atomic E-state index is -0.600. The van der Waals surface area contributed by atoms with E-state index in [0.29, 0.717) is 31.4 Å². The van der Waals surface area contributed by atoms with E-state index in [2.05, 4.69) is 21.2 Å². The van der Waals surface area contributed by atoms with E-state index in [1.165, 1.54) is 30.6 Å². The number of nitrogens with one attached hydrogen (secondary N) is 1. The fourth-order valence-corrected chi connectivity index (χ4v) is 4.98. The van der Waals surface area contributed by atoms with E-state index < -0.39 is 11.9 Å². The van der Waals surface area contributed by atoms with Crippen molar-refractivity contribution in [1.29, 1.82) is 0 Å². The van der Waals surface area contributed by atoms with Crippen LogP contribution in [0.1, 0.15) is 26.4 Å². The van der Waals surface area contributed by atoms with Crippen molar-refractivity contribution in [2.75, 3.05) is 19.0 Å². The van der Waals surface area contributed by atoms with Crippen LogP contribution in [0.2, 0.25) is 5.02 Å². The number of carbonyl (C=O) groups excluding carboxylic acids is 2. The molecule has 1 aromatic heterocycles. The molecule has 0 aliphatic heterocycles. The van der Waals surface area contributed by atoms with Crippen LogP contribution in [0.4, 0.5) is 9.39 Å². The standard InChI is InChI=1S/C23H20BrClFNO4S/c1-11-9-16(20(24)12(2)21(11)25)31-10-17(28)27-22-19(23(29)30-4)18(13(3)32-22)14-5-7-15(26)8-6-14/h5-9H,10H2,1-4H3,(H,27,28). The number of hydrogen-bond donors (Lipinski definition) is 1. The fraction of sp³-hybridized carbons (Fsp3) is 0.217. The fourth-order valence-electron chi connectivity index (χ4n) is 3.21. The Morgan fingerprint density at radius 2 is 1.84 bits per heavy atom. The highest BCUT2D eigenvalue weighted by molar-refractivity contribution is 9.10. The summed E-state index contributed by atoms with van der Waals surface area (Å²) in [7, 11) is 1.27. The summed E-state index contributed by atoms with van der Waals surface area (Å²) in [6, 6.07) is 7.53. The van der Waals surface area contributed by atoms with E-state index in [0.717, 1.165) is 16.0 Å². The number of anilines is 1. The van der Waals surface area contributed by atoms with Crippen LogP contribution < -0.4 is 10.1 Å². The first-order valence-corrected chi connectivity index (χ1v) is 11.5. The third-order valence-corrected chi connectivity index (χ3v) is 7.37. The highest BCUT2D eigenvalue weighted by Crippen LogP contribution is 2.40. The summed E-state index contributed by atoms with van der Waals surface area (Å²) in [6.07, 6.45) is 0. The Labute approximate surface area is 202 Å². The van der Waals surface area contributed by atoms with Crippen LogP contribution >= 0.6 is 38.9 Å². The van der Waals surface area contributed by atoms with Crippen molar-refractivity contribution in [3.05, 3.63) is 67.2 Å². The molecular weight excluding hydrogens is 521 g/mol. The molecule has 3 rings (SSSR count). The smallest absolute Gasteiger partial charge is 0.341 e. The van der Waals surface area contributed by atoms with Crippen molar-refractivity contribution in [1.82, 2.24) is 0 Å². The molecule has 9 heteroatoms. The zero-order valence-corrected chi connectivity index (χ0v) is 20.9. The number of amides is 1. The lowest BCUT2D eigenvalue weighted by Crippen LogP contribution is -2.21. The highest BCUT2D eigenvalue weighted by Gasteiger charge is 2.25. The Bertz CT molecular complexity index is 1190. The molecule has 0 atom stereocenters. The van der Waals surface area contributed by atoms with Crippen molar-refractivity contribution < 1.29 is 23.5 Å². The minimum Gasteiger partial charge on any atom is -0.483 e. The van der Waals surface area contributed by atoms with Crippen LogP contribution in [-0.4, -0.2) is 25.6 Å². The number of benzene rings is 2. The monoisotopic (exact) mass is 539 g/mol.